The van der Waals surface area contributed by atoms with Crippen molar-refractivity contribution in [2.45, 2.75) is 13.5 Å². The molecule has 0 spiro atoms. The van der Waals surface area contributed by atoms with Gasteiger partial charge in [-0.1, -0.05) is 0 Å². The molecular formula is C13H16N5O+. The van der Waals surface area contributed by atoms with Crippen LogP contribution in [0.3, 0.4) is 0 Å². The summed E-state index contributed by atoms with van der Waals surface area (Å²) >= 11 is 0. The molecule has 1 heterocycles. The van der Waals surface area contributed by atoms with E-state index in [-0.39, 0.29) is 0 Å². The van der Waals surface area contributed by atoms with Crippen LogP contribution in [0.2, 0.25) is 0 Å². The molecule has 0 aliphatic heterocycles. The fourth-order valence-electron chi connectivity index (χ4n) is 1.77. The van der Waals surface area contributed by atoms with Gasteiger partial charge in [0.2, 0.25) is 11.6 Å². The Hall–Kier alpha value is -2.63. The van der Waals surface area contributed by atoms with Gasteiger partial charge in [-0.3, -0.25) is 14.9 Å². The lowest BCUT2D eigenvalue weighted by Crippen LogP contribution is -2.41. The summed E-state index contributed by atoms with van der Waals surface area (Å²) in [5, 5.41) is 10.2. The Morgan fingerprint density at radius 2 is 2.16 bits per heavy atom. The second-order valence-electron chi connectivity index (χ2n) is 4.16. The van der Waals surface area contributed by atoms with E-state index in [1.54, 1.807) is 29.1 Å². The van der Waals surface area contributed by atoms with Crippen molar-refractivity contribution in [1.82, 2.24) is 9.78 Å². The number of amides is 1. The van der Waals surface area contributed by atoms with Crippen molar-refractivity contribution in [2.75, 3.05) is 5.73 Å². The van der Waals surface area contributed by atoms with E-state index in [9.17, 15) is 4.79 Å². The number of anilines is 1. The highest BCUT2D eigenvalue weighted by Crippen LogP contribution is 2.17. The highest BCUT2D eigenvalue weighted by Gasteiger charge is 2.17. The Bertz CT molecular complexity index is 644. The fraction of sp³-hybridized carbons (Fsp3) is 0.154. The van der Waals surface area contributed by atoms with Gasteiger partial charge in [-0.05, 0) is 25.1 Å². The average molecular weight is 258 g/mol. The van der Waals surface area contributed by atoms with E-state index in [2.05, 4.69) is 5.10 Å². The summed E-state index contributed by atoms with van der Waals surface area (Å²) in [5.74, 6) is -0.515. The highest BCUT2D eigenvalue weighted by molar-refractivity contribution is 6.12. The first kappa shape index (κ1) is 12.8. The van der Waals surface area contributed by atoms with Gasteiger partial charge in [0.25, 0.3) is 0 Å². The van der Waals surface area contributed by atoms with Crippen molar-refractivity contribution in [3.05, 3.63) is 47.3 Å². The maximum absolute atomic E-state index is 11.2. The smallest absolute Gasteiger partial charge is 0.248 e. The number of aryl methyl sites for hydroxylation is 1. The summed E-state index contributed by atoms with van der Waals surface area (Å²) in [4.78, 5) is 11.2. The summed E-state index contributed by atoms with van der Waals surface area (Å²) < 4.78 is 1.76. The molecule has 1 aromatic carbocycles. The predicted octanol–water partition coefficient (Wildman–Crippen LogP) is -0.819. The van der Waals surface area contributed by atoms with Crippen LogP contribution < -0.4 is 16.9 Å². The van der Waals surface area contributed by atoms with E-state index in [0.29, 0.717) is 22.5 Å². The molecule has 0 saturated carbocycles. The number of carbonyl (C=O) groups is 1. The minimum absolute atomic E-state index is 0.370. The summed E-state index contributed by atoms with van der Waals surface area (Å²) in [7, 11) is 0. The minimum atomic E-state index is -0.515. The van der Waals surface area contributed by atoms with Crippen molar-refractivity contribution in [3.63, 3.8) is 0 Å². The van der Waals surface area contributed by atoms with Gasteiger partial charge in [-0.2, -0.15) is 5.10 Å². The number of benzene rings is 1. The van der Waals surface area contributed by atoms with Gasteiger partial charge in [0, 0.05) is 24.0 Å². The largest absolute Gasteiger partial charge is 0.398 e. The predicted molar refractivity (Wildman–Crippen MR) is 72.4 cm³/mol. The molecule has 2 rings (SSSR count). The monoisotopic (exact) mass is 258 g/mol. The summed E-state index contributed by atoms with van der Waals surface area (Å²) in [6, 6.07) is 4.78. The van der Waals surface area contributed by atoms with E-state index in [1.165, 1.54) is 0 Å². The number of hydrogen-bond donors (Lipinski definition) is 3. The first-order valence-corrected chi connectivity index (χ1v) is 5.88. The maximum atomic E-state index is 11.2. The maximum Gasteiger partial charge on any atom is 0.248 e. The van der Waals surface area contributed by atoms with Gasteiger partial charge in [-0.15, -0.1) is 0 Å². The van der Waals surface area contributed by atoms with Crippen LogP contribution in [-0.4, -0.2) is 21.4 Å². The Labute approximate surface area is 110 Å². The molecule has 6 N–H and O–H groups in total. The third-order valence-electron chi connectivity index (χ3n) is 2.90. The molecule has 0 unspecified atom stereocenters. The van der Waals surface area contributed by atoms with Crippen molar-refractivity contribution in [2.24, 2.45) is 5.73 Å². The van der Waals surface area contributed by atoms with Gasteiger partial charge in [0.1, 0.15) is 0 Å². The molecule has 0 fully saturated rings. The van der Waals surface area contributed by atoms with Crippen LogP contribution in [0.25, 0.3) is 0 Å². The average Bonchev–Trinajstić information content (AvgIpc) is 2.87. The topological polar surface area (TPSA) is 113 Å². The molecule has 98 valence electrons. The molecule has 6 heteroatoms. The van der Waals surface area contributed by atoms with Crippen molar-refractivity contribution >= 4 is 17.3 Å². The molecule has 0 atom stereocenters. The zero-order valence-electron chi connectivity index (χ0n) is 10.6. The van der Waals surface area contributed by atoms with Gasteiger partial charge in [0.15, 0.2) is 0 Å². The number of hydrogen-bond acceptors (Lipinski definition) is 3. The molecule has 2 aromatic rings. The normalized spacial score (nSPS) is 10.4. The van der Waals surface area contributed by atoms with Gasteiger partial charge >= 0.3 is 0 Å². The van der Waals surface area contributed by atoms with Crippen molar-refractivity contribution in [3.8, 4) is 0 Å². The fourth-order valence-corrected chi connectivity index (χ4v) is 1.77. The van der Waals surface area contributed by atoms with Crippen LogP contribution in [0, 0.1) is 0 Å². The van der Waals surface area contributed by atoms with E-state index in [0.717, 1.165) is 12.1 Å². The lowest BCUT2D eigenvalue weighted by Gasteiger charge is -2.04. The van der Waals surface area contributed by atoms with E-state index in [1.807, 2.05) is 13.1 Å². The third kappa shape index (κ3) is 2.47. The van der Waals surface area contributed by atoms with E-state index in [4.69, 9.17) is 16.9 Å². The Balaban J connectivity index is 2.42. The third-order valence-corrected chi connectivity index (χ3v) is 2.90. The van der Waals surface area contributed by atoms with Gasteiger partial charge in [-0.25, -0.2) is 0 Å². The summed E-state index contributed by atoms with van der Waals surface area (Å²) in [6.45, 7) is 2.74. The number of nitrogens with zero attached hydrogens (tertiary/aromatic N) is 2. The number of nitrogen functional groups attached to an aromatic ring is 1. The van der Waals surface area contributed by atoms with Gasteiger partial charge in [0.05, 0.1) is 17.3 Å². The number of carbonyl (C=O) groups excluding carboxylic acids is 1. The molecule has 0 radical (unpaired) electrons. The van der Waals surface area contributed by atoms with E-state index >= 15 is 0 Å². The molecule has 0 aliphatic carbocycles. The van der Waals surface area contributed by atoms with Gasteiger partial charge < -0.3 is 11.5 Å². The molecule has 1 aromatic heterocycles. The number of primary amides is 1. The Morgan fingerprint density at radius 3 is 2.74 bits per heavy atom. The zero-order chi connectivity index (χ0) is 14.0. The van der Waals surface area contributed by atoms with Crippen LogP contribution in [0.4, 0.5) is 5.69 Å². The SMILES string of the molecule is CCn1cc(C(=[NH2+])c2cc(C(N)=O)ccc2N)cn1. The lowest BCUT2D eigenvalue weighted by molar-refractivity contribution is -0.111. The molecule has 1 amide bonds. The number of rotatable bonds is 4. The lowest BCUT2D eigenvalue weighted by atomic mass is 10.0. The molecule has 19 heavy (non-hydrogen) atoms. The Kier molecular flexibility index (Phi) is 3.33. The first-order valence-electron chi connectivity index (χ1n) is 5.88. The van der Waals surface area contributed by atoms with Crippen LogP contribution in [0.5, 0.6) is 0 Å². The van der Waals surface area contributed by atoms with Crippen LogP contribution in [0.1, 0.15) is 28.4 Å². The second kappa shape index (κ2) is 4.93. The number of nitrogens with two attached hydrogens (primary N) is 3. The van der Waals surface area contributed by atoms with E-state index < -0.39 is 5.91 Å². The Morgan fingerprint density at radius 1 is 1.42 bits per heavy atom. The highest BCUT2D eigenvalue weighted by atomic mass is 16.1. The standard InChI is InChI=1S/C13H15N5O/c1-2-18-7-9(6-17-18)12(15)10-5-8(13(16)19)3-4-11(10)14/h3-7,15H,2,14H2,1H3,(H2,16,19)/p+1. The molecular weight excluding hydrogens is 242 g/mol. The molecule has 0 saturated heterocycles. The minimum Gasteiger partial charge on any atom is -0.398 e. The van der Waals surface area contributed by atoms with Crippen molar-refractivity contribution in [1.29, 1.82) is 0 Å². The number of aromatic nitrogens is 2. The van der Waals surface area contributed by atoms with Crippen LogP contribution in [-0.2, 0) is 6.54 Å². The molecule has 0 aliphatic rings. The second-order valence-corrected chi connectivity index (χ2v) is 4.16. The van der Waals surface area contributed by atoms with Crippen LogP contribution >= 0.6 is 0 Å². The zero-order valence-corrected chi connectivity index (χ0v) is 10.6. The van der Waals surface area contributed by atoms with Crippen molar-refractivity contribution < 1.29 is 10.2 Å². The summed E-state index contributed by atoms with van der Waals surface area (Å²) in [5.41, 5.74) is 13.8. The quantitative estimate of drug-likeness (QED) is 0.492. The van der Waals surface area contributed by atoms with Crippen LogP contribution in [0.15, 0.2) is 30.6 Å². The molecule has 0 bridgehead atoms. The molecule has 6 nitrogen and oxygen atoms in total. The summed E-state index contributed by atoms with van der Waals surface area (Å²) in [6.07, 6.45) is 3.49. The first-order chi connectivity index (χ1) is 9.02.